The molecule has 1 unspecified atom stereocenters. The molecule has 0 saturated carbocycles. The van der Waals surface area contributed by atoms with Crippen molar-refractivity contribution in [2.45, 2.75) is 53.2 Å². The molecule has 0 fully saturated rings. The summed E-state index contributed by atoms with van der Waals surface area (Å²) in [4.78, 5) is 28.4. The number of pyridine rings is 1. The molecule has 1 atom stereocenters. The molecule has 0 radical (unpaired) electrons. The number of aromatic nitrogens is 2. The molecule has 6 N–H and O–H groups in total. The lowest BCUT2D eigenvalue weighted by Gasteiger charge is -2.15. The average molecular weight is 422 g/mol. The summed E-state index contributed by atoms with van der Waals surface area (Å²) in [6, 6.07) is 5.51. The van der Waals surface area contributed by atoms with Crippen LogP contribution in [0.1, 0.15) is 64.2 Å². The van der Waals surface area contributed by atoms with Crippen molar-refractivity contribution in [3.05, 3.63) is 80.5 Å². The molecule has 0 saturated heterocycles. The summed E-state index contributed by atoms with van der Waals surface area (Å²) >= 11 is 0. The predicted molar refractivity (Wildman–Crippen MR) is 125 cm³/mol. The lowest BCUT2D eigenvalue weighted by atomic mass is 9.98. The maximum atomic E-state index is 13.3. The number of rotatable bonds is 6. The third kappa shape index (κ3) is 4.41. The molecule has 7 heteroatoms. The minimum absolute atomic E-state index is 0.144. The van der Waals surface area contributed by atoms with Gasteiger partial charge in [0.1, 0.15) is 0 Å². The van der Waals surface area contributed by atoms with Gasteiger partial charge in [-0.3, -0.25) is 9.59 Å². The maximum absolute atomic E-state index is 13.3. The lowest BCUT2D eigenvalue weighted by molar-refractivity contribution is 0.0952. The van der Waals surface area contributed by atoms with Crippen LogP contribution in [-0.4, -0.2) is 15.5 Å². The molecule has 2 heterocycles. The highest BCUT2D eigenvalue weighted by Crippen LogP contribution is 2.31. The third-order valence-corrected chi connectivity index (χ3v) is 5.57. The Kier molecular flexibility index (Phi) is 6.36. The quantitative estimate of drug-likeness (QED) is 0.488. The first-order chi connectivity index (χ1) is 14.6. The number of H-pyrrole nitrogens is 1. The molecule has 164 valence electrons. The Morgan fingerprint density at radius 1 is 1.19 bits per heavy atom. The standard InChI is InChI=1S/C24H31N5O2/c1-13(2)29-12-15(4)22-18(9-17(10-21(22)29)20(26)6-7-25)23(30)27-11-19-14(3)8-16(5)28-24(19)31/h6-10,12-13,20H,11,25-26H2,1-5H3,(H,27,30)(H,28,31)/b7-6-. The average Bonchev–Trinajstić information content (AvgIpc) is 3.03. The highest BCUT2D eigenvalue weighted by atomic mass is 16.1. The Morgan fingerprint density at radius 2 is 1.90 bits per heavy atom. The Morgan fingerprint density at radius 3 is 2.52 bits per heavy atom. The van der Waals surface area contributed by atoms with Gasteiger partial charge in [-0.1, -0.05) is 0 Å². The molecule has 3 aromatic rings. The van der Waals surface area contributed by atoms with Crippen molar-refractivity contribution < 1.29 is 4.79 Å². The number of nitrogens with two attached hydrogens (primary N) is 2. The van der Waals surface area contributed by atoms with E-state index < -0.39 is 6.04 Å². The molecular formula is C24H31N5O2. The van der Waals surface area contributed by atoms with Crippen LogP contribution in [0.3, 0.4) is 0 Å². The summed E-state index contributed by atoms with van der Waals surface area (Å²) in [5.41, 5.74) is 17.1. The normalized spacial score (nSPS) is 12.7. The SMILES string of the molecule is Cc1cc(C)c(CNC(=O)c2cc(C(N)/C=C\N)cc3c2c(C)cn3C(C)C)c(=O)[nH]1. The van der Waals surface area contributed by atoms with Crippen LogP contribution < -0.4 is 22.3 Å². The van der Waals surface area contributed by atoms with E-state index >= 15 is 0 Å². The molecular weight excluding hydrogens is 390 g/mol. The van der Waals surface area contributed by atoms with E-state index in [4.69, 9.17) is 11.5 Å². The largest absolute Gasteiger partial charge is 0.405 e. The van der Waals surface area contributed by atoms with Crippen molar-refractivity contribution in [2.24, 2.45) is 11.5 Å². The second-order valence-electron chi connectivity index (χ2n) is 8.31. The van der Waals surface area contributed by atoms with E-state index in [1.165, 1.54) is 6.20 Å². The van der Waals surface area contributed by atoms with Gasteiger partial charge in [-0.05, 0) is 81.8 Å². The lowest BCUT2D eigenvalue weighted by Crippen LogP contribution is -2.28. The molecule has 3 rings (SSSR count). The van der Waals surface area contributed by atoms with Crippen LogP contribution >= 0.6 is 0 Å². The summed E-state index contributed by atoms with van der Waals surface area (Å²) in [6.07, 6.45) is 5.15. The first-order valence-electron chi connectivity index (χ1n) is 10.4. The maximum Gasteiger partial charge on any atom is 0.253 e. The van der Waals surface area contributed by atoms with E-state index in [9.17, 15) is 9.59 Å². The molecule has 2 aromatic heterocycles. The van der Waals surface area contributed by atoms with Gasteiger partial charge in [-0.2, -0.15) is 0 Å². The minimum Gasteiger partial charge on any atom is -0.405 e. The molecule has 7 nitrogen and oxygen atoms in total. The zero-order valence-electron chi connectivity index (χ0n) is 18.7. The second-order valence-corrected chi connectivity index (χ2v) is 8.31. The zero-order valence-corrected chi connectivity index (χ0v) is 18.7. The monoisotopic (exact) mass is 421 g/mol. The molecule has 0 spiro atoms. The molecule has 31 heavy (non-hydrogen) atoms. The van der Waals surface area contributed by atoms with Crippen LogP contribution in [0.15, 0.2) is 41.5 Å². The number of carbonyl (C=O) groups is 1. The fourth-order valence-electron chi connectivity index (χ4n) is 4.00. The highest BCUT2D eigenvalue weighted by molar-refractivity contribution is 6.08. The fraction of sp³-hybridized carbons (Fsp3) is 0.333. The van der Waals surface area contributed by atoms with Crippen molar-refractivity contribution in [3.63, 3.8) is 0 Å². The number of amides is 1. The number of carbonyl (C=O) groups excluding carboxylic acids is 1. The van der Waals surface area contributed by atoms with Crippen LogP contribution in [0.25, 0.3) is 10.9 Å². The van der Waals surface area contributed by atoms with Crippen molar-refractivity contribution in [2.75, 3.05) is 0 Å². The molecule has 1 amide bonds. The number of hydrogen-bond donors (Lipinski definition) is 4. The summed E-state index contributed by atoms with van der Waals surface area (Å²) in [5.74, 6) is -0.250. The molecule has 0 aliphatic heterocycles. The number of nitrogens with one attached hydrogen (secondary N) is 2. The van der Waals surface area contributed by atoms with Gasteiger partial charge < -0.3 is 26.3 Å². The van der Waals surface area contributed by atoms with Crippen molar-refractivity contribution >= 4 is 16.8 Å². The zero-order chi connectivity index (χ0) is 22.9. The molecule has 0 aliphatic carbocycles. The molecule has 0 aliphatic rings. The molecule has 0 bridgehead atoms. The van der Waals surface area contributed by atoms with E-state index in [-0.39, 0.29) is 24.1 Å². The number of fused-ring (bicyclic) bond motifs is 1. The predicted octanol–water partition coefficient (Wildman–Crippen LogP) is 3.24. The van der Waals surface area contributed by atoms with Gasteiger partial charge in [0.2, 0.25) is 0 Å². The van der Waals surface area contributed by atoms with E-state index in [0.717, 1.165) is 33.3 Å². The van der Waals surface area contributed by atoms with Gasteiger partial charge in [-0.15, -0.1) is 0 Å². The second kappa shape index (κ2) is 8.81. The number of aryl methyl sites for hydroxylation is 3. The van der Waals surface area contributed by atoms with Gasteiger partial charge in [0.25, 0.3) is 11.5 Å². The van der Waals surface area contributed by atoms with Crippen molar-refractivity contribution in [1.29, 1.82) is 0 Å². The molecule has 1 aromatic carbocycles. The van der Waals surface area contributed by atoms with E-state index in [0.29, 0.717) is 11.1 Å². The Balaban J connectivity index is 2.07. The van der Waals surface area contributed by atoms with Gasteiger partial charge in [-0.25, -0.2) is 0 Å². The first-order valence-corrected chi connectivity index (χ1v) is 10.4. The smallest absolute Gasteiger partial charge is 0.253 e. The van der Waals surface area contributed by atoms with Gasteiger partial charge in [0.15, 0.2) is 0 Å². The number of benzene rings is 1. The van der Waals surface area contributed by atoms with Crippen LogP contribution in [0.4, 0.5) is 0 Å². The van der Waals surface area contributed by atoms with Crippen LogP contribution in [0.5, 0.6) is 0 Å². The van der Waals surface area contributed by atoms with Crippen molar-refractivity contribution in [3.8, 4) is 0 Å². The van der Waals surface area contributed by atoms with Crippen molar-refractivity contribution in [1.82, 2.24) is 14.9 Å². The van der Waals surface area contributed by atoms with E-state index in [1.54, 1.807) is 6.08 Å². The fourth-order valence-corrected chi connectivity index (χ4v) is 4.00. The van der Waals surface area contributed by atoms with Gasteiger partial charge in [0, 0.05) is 52.5 Å². The van der Waals surface area contributed by atoms with Crippen LogP contribution in [0.2, 0.25) is 0 Å². The number of nitrogens with zero attached hydrogens (tertiary/aromatic N) is 1. The number of aromatic amines is 1. The van der Waals surface area contributed by atoms with E-state index in [1.807, 2.05) is 39.0 Å². The summed E-state index contributed by atoms with van der Waals surface area (Å²) in [7, 11) is 0. The highest BCUT2D eigenvalue weighted by Gasteiger charge is 2.20. The van der Waals surface area contributed by atoms with Gasteiger partial charge >= 0.3 is 0 Å². The summed E-state index contributed by atoms with van der Waals surface area (Å²) in [5, 5.41) is 3.80. The van der Waals surface area contributed by atoms with E-state index in [2.05, 4.69) is 34.9 Å². The van der Waals surface area contributed by atoms with Crippen LogP contribution in [0, 0.1) is 20.8 Å². The third-order valence-electron chi connectivity index (χ3n) is 5.57. The Hall–Kier alpha value is -3.32. The summed E-state index contributed by atoms with van der Waals surface area (Å²) < 4.78 is 2.14. The Bertz CT molecular complexity index is 1220. The number of hydrogen-bond acceptors (Lipinski definition) is 4. The minimum atomic E-state index is -0.432. The van der Waals surface area contributed by atoms with Crippen LogP contribution in [-0.2, 0) is 6.54 Å². The van der Waals surface area contributed by atoms with Gasteiger partial charge in [0.05, 0.1) is 0 Å². The summed E-state index contributed by atoms with van der Waals surface area (Å²) in [6.45, 7) is 10.0. The Labute approximate surface area is 182 Å². The first kappa shape index (κ1) is 22.4. The topological polar surface area (TPSA) is 119 Å².